The first-order chi connectivity index (χ1) is 14.2. The third kappa shape index (κ3) is 4.78. The summed E-state index contributed by atoms with van der Waals surface area (Å²) in [5, 5.41) is 10.1. The molecule has 0 unspecified atom stereocenters. The van der Waals surface area contributed by atoms with Crippen LogP contribution in [0.2, 0.25) is 0 Å². The molecule has 4 rings (SSSR count). The van der Waals surface area contributed by atoms with E-state index < -0.39 is 0 Å². The fourth-order valence-electron chi connectivity index (χ4n) is 3.55. The summed E-state index contributed by atoms with van der Waals surface area (Å²) in [6, 6.07) is 11.9. The molecule has 3 heterocycles. The zero-order valence-corrected chi connectivity index (χ0v) is 16.6. The van der Waals surface area contributed by atoms with Crippen LogP contribution in [0.25, 0.3) is 12.2 Å². The molecule has 6 nitrogen and oxygen atoms in total. The smallest absolute Gasteiger partial charge is 0.276 e. The van der Waals surface area contributed by atoms with Gasteiger partial charge in [0.25, 0.3) is 5.91 Å². The minimum atomic E-state index is -0.229. The maximum atomic E-state index is 12.8. The van der Waals surface area contributed by atoms with E-state index in [4.69, 9.17) is 0 Å². The summed E-state index contributed by atoms with van der Waals surface area (Å²) >= 11 is 0. The van der Waals surface area contributed by atoms with E-state index in [1.165, 1.54) is 31.5 Å². The van der Waals surface area contributed by atoms with Gasteiger partial charge < -0.3 is 5.32 Å². The van der Waals surface area contributed by atoms with Crippen LogP contribution in [0, 0.1) is 6.92 Å². The van der Waals surface area contributed by atoms with Crippen molar-refractivity contribution in [2.24, 2.45) is 0 Å². The number of likely N-dealkylation sites (tertiary alicyclic amines) is 1. The van der Waals surface area contributed by atoms with E-state index in [0.717, 1.165) is 29.1 Å². The number of carbonyl (C=O) groups excluding carboxylic acids is 1. The molecule has 0 bridgehead atoms. The Balaban J connectivity index is 1.44. The van der Waals surface area contributed by atoms with Crippen LogP contribution in [0.3, 0.4) is 0 Å². The van der Waals surface area contributed by atoms with Gasteiger partial charge in [0.05, 0.1) is 0 Å². The van der Waals surface area contributed by atoms with Gasteiger partial charge in [-0.25, -0.2) is 0 Å². The number of carbonyl (C=O) groups is 1. The second kappa shape index (κ2) is 8.84. The Morgan fingerprint density at radius 2 is 1.97 bits per heavy atom. The lowest BCUT2D eigenvalue weighted by Crippen LogP contribution is -2.18. The van der Waals surface area contributed by atoms with Crippen LogP contribution in [-0.4, -0.2) is 39.1 Å². The molecule has 0 aliphatic carbocycles. The van der Waals surface area contributed by atoms with Crippen molar-refractivity contribution in [3.8, 4) is 0 Å². The molecule has 2 aromatic heterocycles. The Bertz CT molecular complexity index is 986. The van der Waals surface area contributed by atoms with E-state index in [9.17, 15) is 4.79 Å². The number of aromatic nitrogens is 3. The quantitative estimate of drug-likeness (QED) is 0.667. The summed E-state index contributed by atoms with van der Waals surface area (Å²) in [4.78, 5) is 19.3. The minimum absolute atomic E-state index is 0.229. The number of anilines is 1. The molecular weight excluding hydrogens is 362 g/mol. The van der Waals surface area contributed by atoms with Crippen molar-refractivity contribution in [2.45, 2.75) is 26.3 Å². The molecule has 1 aliphatic rings. The zero-order valence-electron chi connectivity index (χ0n) is 16.6. The third-order valence-corrected chi connectivity index (χ3v) is 5.15. The van der Waals surface area contributed by atoms with Crippen molar-refractivity contribution in [3.63, 3.8) is 0 Å². The van der Waals surface area contributed by atoms with E-state index >= 15 is 0 Å². The molecule has 1 saturated heterocycles. The normalized spacial score (nSPS) is 14.5. The number of benzene rings is 1. The van der Waals surface area contributed by atoms with Crippen molar-refractivity contribution in [1.29, 1.82) is 0 Å². The number of rotatable bonds is 6. The van der Waals surface area contributed by atoms with Crippen molar-refractivity contribution in [3.05, 3.63) is 76.9 Å². The molecule has 29 heavy (non-hydrogen) atoms. The van der Waals surface area contributed by atoms with Crippen LogP contribution in [0.1, 0.15) is 45.7 Å². The summed E-state index contributed by atoms with van der Waals surface area (Å²) in [6.45, 7) is 5.22. The van der Waals surface area contributed by atoms with E-state index in [1.807, 2.05) is 43.3 Å². The fourth-order valence-corrected chi connectivity index (χ4v) is 3.55. The van der Waals surface area contributed by atoms with Crippen LogP contribution in [0.4, 0.5) is 5.69 Å². The first kappa shape index (κ1) is 19.1. The first-order valence-electron chi connectivity index (χ1n) is 9.95. The highest BCUT2D eigenvalue weighted by Gasteiger charge is 2.16. The number of H-pyrrole nitrogens is 1. The number of nitrogens with one attached hydrogen (secondary N) is 2. The maximum Gasteiger partial charge on any atom is 0.276 e. The van der Waals surface area contributed by atoms with E-state index in [1.54, 1.807) is 12.4 Å². The highest BCUT2D eigenvalue weighted by atomic mass is 16.1. The molecule has 1 aliphatic heterocycles. The van der Waals surface area contributed by atoms with Gasteiger partial charge in [0.15, 0.2) is 5.69 Å². The molecule has 0 radical (unpaired) electrons. The number of pyridine rings is 1. The average molecular weight is 387 g/mol. The van der Waals surface area contributed by atoms with Crippen molar-refractivity contribution in [1.82, 2.24) is 20.1 Å². The Morgan fingerprint density at radius 3 is 2.69 bits per heavy atom. The molecule has 0 atom stereocenters. The van der Waals surface area contributed by atoms with Crippen LogP contribution >= 0.6 is 0 Å². The van der Waals surface area contributed by atoms with Gasteiger partial charge in [-0.1, -0.05) is 30.4 Å². The molecule has 6 heteroatoms. The van der Waals surface area contributed by atoms with Crippen molar-refractivity contribution < 1.29 is 4.79 Å². The SMILES string of the molecule is Cc1[nH]nc(C(=O)Nc2ccc(CN3CCCC3)cc2)c1/C=C/c1cccnc1. The Hall–Kier alpha value is -3.25. The molecule has 1 amide bonds. The third-order valence-electron chi connectivity index (χ3n) is 5.15. The molecule has 1 fully saturated rings. The Morgan fingerprint density at radius 1 is 1.17 bits per heavy atom. The lowest BCUT2D eigenvalue weighted by Gasteiger charge is -2.14. The highest BCUT2D eigenvalue weighted by molar-refractivity contribution is 6.05. The van der Waals surface area contributed by atoms with Crippen molar-refractivity contribution >= 4 is 23.7 Å². The van der Waals surface area contributed by atoms with E-state index in [0.29, 0.717) is 5.69 Å². The lowest BCUT2D eigenvalue weighted by molar-refractivity contribution is 0.102. The van der Waals surface area contributed by atoms with Crippen LogP contribution < -0.4 is 5.32 Å². The number of aryl methyl sites for hydroxylation is 1. The number of aromatic amines is 1. The first-order valence-corrected chi connectivity index (χ1v) is 9.95. The van der Waals surface area contributed by atoms with Gasteiger partial charge in [0.2, 0.25) is 0 Å². The largest absolute Gasteiger partial charge is 0.321 e. The van der Waals surface area contributed by atoms with E-state index in [-0.39, 0.29) is 5.91 Å². The second-order valence-corrected chi connectivity index (χ2v) is 7.36. The van der Waals surface area contributed by atoms with Gasteiger partial charge in [-0.2, -0.15) is 5.10 Å². The zero-order chi connectivity index (χ0) is 20.1. The molecular formula is C23H25N5O. The maximum absolute atomic E-state index is 12.8. The Labute approximate surface area is 170 Å². The van der Waals surface area contributed by atoms with Gasteiger partial charge in [0.1, 0.15) is 0 Å². The van der Waals surface area contributed by atoms with E-state index in [2.05, 4.69) is 37.5 Å². The summed E-state index contributed by atoms with van der Waals surface area (Å²) in [5.41, 5.74) is 4.99. The minimum Gasteiger partial charge on any atom is -0.321 e. The second-order valence-electron chi connectivity index (χ2n) is 7.36. The number of hydrogen-bond donors (Lipinski definition) is 2. The molecule has 0 saturated carbocycles. The topological polar surface area (TPSA) is 73.9 Å². The number of hydrogen-bond acceptors (Lipinski definition) is 4. The van der Waals surface area contributed by atoms with Crippen LogP contribution in [0.5, 0.6) is 0 Å². The summed E-state index contributed by atoms with van der Waals surface area (Å²) in [6.07, 6.45) is 9.90. The molecule has 2 N–H and O–H groups in total. The molecule has 3 aromatic rings. The van der Waals surface area contributed by atoms with Gasteiger partial charge in [-0.3, -0.25) is 19.8 Å². The van der Waals surface area contributed by atoms with Crippen LogP contribution in [0.15, 0.2) is 48.8 Å². The predicted octanol–water partition coefficient (Wildman–Crippen LogP) is 4.13. The number of amides is 1. The monoisotopic (exact) mass is 387 g/mol. The van der Waals surface area contributed by atoms with Gasteiger partial charge in [-0.05, 0) is 62.2 Å². The standard InChI is InChI=1S/C23H25N5O/c1-17-21(11-8-18-5-4-12-24-15-18)22(27-26-17)23(29)25-20-9-6-19(7-10-20)16-28-13-2-3-14-28/h4-12,15H,2-3,13-14,16H2,1H3,(H,25,29)(H,26,27)/b11-8+. The fraction of sp³-hybridized carbons (Fsp3) is 0.261. The molecule has 148 valence electrons. The summed E-state index contributed by atoms with van der Waals surface area (Å²) in [7, 11) is 0. The number of nitrogens with zero attached hydrogens (tertiary/aromatic N) is 3. The Kier molecular flexibility index (Phi) is 5.81. The average Bonchev–Trinajstić information content (AvgIpc) is 3.38. The predicted molar refractivity (Wildman–Crippen MR) is 115 cm³/mol. The van der Waals surface area contributed by atoms with Crippen LogP contribution in [-0.2, 0) is 6.54 Å². The molecule has 1 aromatic carbocycles. The van der Waals surface area contributed by atoms with Gasteiger partial charge in [0, 0.05) is 35.9 Å². The highest BCUT2D eigenvalue weighted by Crippen LogP contribution is 2.18. The molecule has 0 spiro atoms. The van der Waals surface area contributed by atoms with Gasteiger partial charge >= 0.3 is 0 Å². The van der Waals surface area contributed by atoms with Crippen molar-refractivity contribution in [2.75, 3.05) is 18.4 Å². The summed E-state index contributed by atoms with van der Waals surface area (Å²) in [5.74, 6) is -0.229. The lowest BCUT2D eigenvalue weighted by atomic mass is 10.1. The summed E-state index contributed by atoms with van der Waals surface area (Å²) < 4.78 is 0. The van der Waals surface area contributed by atoms with Gasteiger partial charge in [-0.15, -0.1) is 0 Å².